The van der Waals surface area contributed by atoms with Gasteiger partial charge in [0, 0.05) is 20.9 Å². The molecule has 4 nitrogen and oxygen atoms in total. The highest BCUT2D eigenvalue weighted by Gasteiger charge is 2.33. The van der Waals surface area contributed by atoms with Crippen LogP contribution < -0.4 is 4.89 Å². The molecule has 0 radical (unpaired) electrons. The highest BCUT2D eigenvalue weighted by Crippen LogP contribution is 2.50. The molecule has 0 bridgehead atoms. The lowest BCUT2D eigenvalue weighted by atomic mass is 10.5. The van der Waals surface area contributed by atoms with Crippen molar-refractivity contribution in [2.45, 2.75) is 38.8 Å². The summed E-state index contributed by atoms with van der Waals surface area (Å²) in [6, 6.07) is 0. The average Bonchev–Trinajstić information content (AvgIpc) is 2.09. The summed E-state index contributed by atoms with van der Waals surface area (Å²) in [6.45, 7) is 11.6. The first-order valence-corrected chi connectivity index (χ1v) is 13.0. The molecule has 0 amide bonds. The van der Waals surface area contributed by atoms with Crippen molar-refractivity contribution in [1.82, 2.24) is 0 Å². The number of rotatable bonds is 7. The van der Waals surface area contributed by atoms with E-state index in [0.29, 0.717) is 13.0 Å². The van der Waals surface area contributed by atoms with Crippen molar-refractivity contribution in [3.8, 4) is 0 Å². The molecule has 0 rings (SSSR count). The van der Waals surface area contributed by atoms with E-state index >= 15 is 0 Å². The molecule has 0 aromatic heterocycles. The van der Waals surface area contributed by atoms with Crippen LogP contribution in [0.15, 0.2) is 0 Å². The van der Waals surface area contributed by atoms with Crippen LogP contribution in [-0.4, -0.2) is 39.9 Å². The van der Waals surface area contributed by atoms with Crippen LogP contribution in [-0.2, 0) is 13.5 Å². The minimum Gasteiger partial charge on any atom is -0.631 e. The molecule has 0 fully saturated rings. The zero-order valence-corrected chi connectivity index (χ0v) is 14.4. The van der Waals surface area contributed by atoms with E-state index in [1.165, 1.54) is 0 Å². The van der Waals surface area contributed by atoms with Gasteiger partial charge < -0.3 is 13.8 Å². The molecule has 0 aromatic carbocycles. The van der Waals surface area contributed by atoms with Crippen molar-refractivity contribution in [3.05, 3.63) is 0 Å². The summed E-state index contributed by atoms with van der Waals surface area (Å²) in [4.78, 5) is 11.1. The zero-order chi connectivity index (χ0) is 13.7. The minimum absolute atomic E-state index is 0.400. The van der Waals surface area contributed by atoms with Crippen LogP contribution in [0.5, 0.6) is 0 Å². The first-order chi connectivity index (χ1) is 7.58. The molecule has 3 unspecified atom stereocenters. The third-order valence-corrected chi connectivity index (χ3v) is 6.01. The van der Waals surface area contributed by atoms with Gasteiger partial charge in [-0.1, -0.05) is 0 Å². The van der Waals surface area contributed by atoms with E-state index in [0.717, 1.165) is 0 Å². The summed E-state index contributed by atoms with van der Waals surface area (Å²) in [5.41, 5.74) is 0. The van der Waals surface area contributed by atoms with Crippen molar-refractivity contribution >= 4 is 29.3 Å². The summed E-state index contributed by atoms with van der Waals surface area (Å²) in [5.74, 6) is 1.20. The largest absolute Gasteiger partial charge is 0.631 e. The normalized spacial score (nSPS) is 18.9. The van der Waals surface area contributed by atoms with Crippen LogP contribution in [0.3, 0.4) is 0 Å². The fraction of sp³-hybridized carbons (Fsp3) is 0.900. The molecule has 0 spiro atoms. The summed E-state index contributed by atoms with van der Waals surface area (Å²) in [5, 5.41) is 0. The topological polar surface area (TPSA) is 58.6 Å². The molecule has 0 saturated heterocycles. The maximum atomic E-state index is 12.4. The first-order valence-electron chi connectivity index (χ1n) is 5.71. The monoisotopic (exact) mass is 298 g/mol. The summed E-state index contributed by atoms with van der Waals surface area (Å²) in [6.07, 6.45) is 0.420. The fourth-order valence-corrected chi connectivity index (χ4v) is 5.77. The zero-order valence-electron chi connectivity index (χ0n) is 11.6. The van der Waals surface area contributed by atoms with Crippen molar-refractivity contribution in [2.75, 3.05) is 19.9 Å². The Bertz CT molecular complexity index is 308. The van der Waals surface area contributed by atoms with Gasteiger partial charge in [0.1, 0.15) is 5.85 Å². The van der Waals surface area contributed by atoms with Crippen molar-refractivity contribution in [1.29, 1.82) is 0 Å². The van der Waals surface area contributed by atoms with Gasteiger partial charge in [0.05, 0.1) is 19.1 Å². The van der Waals surface area contributed by atoms with Gasteiger partial charge in [0.25, 0.3) is 0 Å². The van der Waals surface area contributed by atoms with E-state index in [2.05, 4.69) is 0 Å². The smallest absolute Gasteiger partial charge is 0.227 e. The molecule has 0 aromatic rings. The van der Waals surface area contributed by atoms with E-state index in [9.17, 15) is 9.46 Å². The van der Waals surface area contributed by atoms with Gasteiger partial charge in [0.2, 0.25) is 7.37 Å². The molecule has 0 saturated carbocycles. The van der Waals surface area contributed by atoms with Gasteiger partial charge in [-0.15, -0.1) is 0 Å². The van der Waals surface area contributed by atoms with Crippen LogP contribution in [0.2, 0.25) is 19.6 Å². The van der Waals surface area contributed by atoms with Crippen molar-refractivity contribution < 1.29 is 18.4 Å². The summed E-state index contributed by atoms with van der Waals surface area (Å²) >= 11 is 0. The van der Waals surface area contributed by atoms with E-state index in [1.54, 1.807) is 19.1 Å². The van der Waals surface area contributed by atoms with Crippen LogP contribution in [0.25, 0.3) is 0 Å². The molecule has 0 N–H and O–H groups in total. The standard InChI is InChI=1S/C10H24O4P2Si/c1-7-13-16(3,12)10(8-9-15(2)11)14-17(4,5)6/h9-10H,7-8H2,1-6H3. The number of hydrogen-bond acceptors (Lipinski definition) is 4. The SMILES string of the molecule is CCOP(C)(=O)C(CC=[P+](C)[O-])O[Si](C)(C)C. The van der Waals surface area contributed by atoms with Crippen LogP contribution >= 0.6 is 15.1 Å². The van der Waals surface area contributed by atoms with E-state index in [-0.39, 0.29) is 0 Å². The lowest BCUT2D eigenvalue weighted by Crippen LogP contribution is -2.32. The van der Waals surface area contributed by atoms with Crippen molar-refractivity contribution in [2.24, 2.45) is 0 Å². The first kappa shape index (κ1) is 17.5. The second-order valence-electron chi connectivity index (χ2n) is 4.98. The molecule has 102 valence electrons. The highest BCUT2D eigenvalue weighted by molar-refractivity contribution is 7.59. The third-order valence-electron chi connectivity index (χ3n) is 1.96. The Balaban J connectivity index is 4.85. The predicted molar refractivity (Wildman–Crippen MR) is 76.9 cm³/mol. The minimum atomic E-state index is -2.80. The molecule has 0 aliphatic rings. The Morgan fingerprint density at radius 2 is 2.00 bits per heavy atom. The Morgan fingerprint density at radius 3 is 2.35 bits per heavy atom. The van der Waals surface area contributed by atoms with Crippen molar-refractivity contribution in [3.63, 3.8) is 0 Å². The summed E-state index contributed by atoms with van der Waals surface area (Å²) < 4.78 is 23.6. The van der Waals surface area contributed by atoms with Gasteiger partial charge in [0.15, 0.2) is 8.32 Å². The summed E-state index contributed by atoms with van der Waals surface area (Å²) in [7, 11) is -5.95. The quantitative estimate of drug-likeness (QED) is 0.535. The third kappa shape index (κ3) is 8.25. The Kier molecular flexibility index (Phi) is 7.39. The van der Waals surface area contributed by atoms with E-state index in [1.807, 2.05) is 26.6 Å². The lowest BCUT2D eigenvalue weighted by molar-refractivity contribution is -0.151. The van der Waals surface area contributed by atoms with E-state index < -0.39 is 29.3 Å². The predicted octanol–water partition coefficient (Wildman–Crippen LogP) is 2.69. The average molecular weight is 298 g/mol. The second-order valence-corrected chi connectivity index (χ2v) is 13.5. The van der Waals surface area contributed by atoms with Gasteiger partial charge in [-0.25, -0.2) is 0 Å². The van der Waals surface area contributed by atoms with Gasteiger partial charge in [-0.05, 0) is 26.6 Å². The molecule has 0 aliphatic heterocycles. The molecular weight excluding hydrogens is 274 g/mol. The van der Waals surface area contributed by atoms with Gasteiger partial charge >= 0.3 is 0 Å². The Morgan fingerprint density at radius 1 is 1.47 bits per heavy atom. The molecule has 17 heavy (non-hydrogen) atoms. The maximum absolute atomic E-state index is 12.4. The molecular formula is C10H24O4P2Si. The maximum Gasteiger partial charge on any atom is 0.227 e. The molecule has 0 aliphatic carbocycles. The molecule has 0 heterocycles. The lowest BCUT2D eigenvalue weighted by Gasteiger charge is -2.29. The highest BCUT2D eigenvalue weighted by atomic mass is 31.2. The van der Waals surface area contributed by atoms with Crippen LogP contribution in [0.1, 0.15) is 13.3 Å². The number of hydrogen-bond donors (Lipinski definition) is 0. The van der Waals surface area contributed by atoms with Gasteiger partial charge in [-0.3, -0.25) is 4.57 Å². The van der Waals surface area contributed by atoms with Gasteiger partial charge in [-0.2, -0.15) is 0 Å². The van der Waals surface area contributed by atoms with E-state index in [4.69, 9.17) is 8.95 Å². The van der Waals surface area contributed by atoms with Crippen LogP contribution in [0.4, 0.5) is 0 Å². The molecule has 3 atom stereocenters. The molecule has 7 heteroatoms. The Labute approximate surface area is 107 Å². The fourth-order valence-electron chi connectivity index (χ4n) is 1.32. The Hall–Kier alpha value is 0.497. The van der Waals surface area contributed by atoms with Crippen LogP contribution in [0, 0.1) is 0 Å². The second kappa shape index (κ2) is 7.18.